The molecular weight excluding hydrogens is 368 g/mol. The predicted octanol–water partition coefficient (Wildman–Crippen LogP) is 3.02. The number of halogens is 2. The van der Waals surface area contributed by atoms with E-state index in [4.69, 9.17) is 10.7 Å². The second-order valence-electron chi connectivity index (χ2n) is 3.75. The van der Waals surface area contributed by atoms with Gasteiger partial charge < -0.3 is 5.32 Å². The van der Waals surface area contributed by atoms with Crippen LogP contribution in [0.25, 0.3) is 0 Å². The fourth-order valence-electron chi connectivity index (χ4n) is 1.44. The maximum absolute atomic E-state index is 12.0. The van der Waals surface area contributed by atoms with Gasteiger partial charge in [0.25, 0.3) is 15.0 Å². The lowest BCUT2D eigenvalue weighted by atomic mass is 10.3. The van der Waals surface area contributed by atoms with Gasteiger partial charge in [0.05, 0.1) is 4.90 Å². The number of benzene rings is 1. The smallest absolute Gasteiger partial charge is 0.275 e. The summed E-state index contributed by atoms with van der Waals surface area (Å²) in [6.07, 6.45) is 1.50. The van der Waals surface area contributed by atoms with Crippen molar-refractivity contribution in [2.45, 2.75) is 4.90 Å². The molecule has 0 aliphatic rings. The Morgan fingerprint density at radius 2 is 1.85 bits per heavy atom. The number of hydrogen-bond acceptors (Lipinski definition) is 4. The minimum absolute atomic E-state index is 0.0313. The summed E-state index contributed by atoms with van der Waals surface area (Å²) in [6.45, 7) is 0. The molecule has 0 unspecified atom stereocenters. The van der Waals surface area contributed by atoms with Gasteiger partial charge in [0, 0.05) is 27.0 Å². The molecule has 1 amide bonds. The van der Waals surface area contributed by atoms with E-state index < -0.39 is 15.0 Å². The summed E-state index contributed by atoms with van der Waals surface area (Å²) in [5.74, 6) is -0.404. The van der Waals surface area contributed by atoms with Crippen LogP contribution in [0.15, 0.2) is 52.0 Å². The van der Waals surface area contributed by atoms with Crippen molar-refractivity contribution in [3.8, 4) is 0 Å². The molecule has 1 heterocycles. The van der Waals surface area contributed by atoms with E-state index in [9.17, 15) is 13.2 Å². The van der Waals surface area contributed by atoms with E-state index in [1.54, 1.807) is 12.1 Å². The van der Waals surface area contributed by atoms with Crippen molar-refractivity contribution < 1.29 is 13.2 Å². The highest BCUT2D eigenvalue weighted by Crippen LogP contribution is 2.19. The third kappa shape index (κ3) is 3.56. The number of hydrogen-bond donors (Lipinski definition) is 1. The Labute approximate surface area is 128 Å². The van der Waals surface area contributed by atoms with Gasteiger partial charge in [-0.3, -0.25) is 4.79 Å². The minimum Gasteiger partial charge on any atom is -0.321 e. The van der Waals surface area contributed by atoms with Crippen LogP contribution >= 0.6 is 26.6 Å². The van der Waals surface area contributed by atoms with Crippen molar-refractivity contribution in [2.75, 3.05) is 5.32 Å². The largest absolute Gasteiger partial charge is 0.321 e. The molecule has 8 heteroatoms. The number of nitrogens with zero attached hydrogens (tertiary/aromatic N) is 1. The van der Waals surface area contributed by atoms with Gasteiger partial charge in [-0.1, -0.05) is 0 Å². The molecule has 0 fully saturated rings. The number of rotatable bonds is 3. The average Bonchev–Trinajstić information content (AvgIpc) is 2.38. The van der Waals surface area contributed by atoms with Crippen molar-refractivity contribution in [3.05, 3.63) is 52.8 Å². The summed E-state index contributed by atoms with van der Waals surface area (Å²) in [4.78, 5) is 15.9. The molecule has 20 heavy (non-hydrogen) atoms. The van der Waals surface area contributed by atoms with Crippen LogP contribution in [0.1, 0.15) is 10.5 Å². The molecule has 1 aromatic heterocycles. The molecule has 0 aliphatic carbocycles. The van der Waals surface area contributed by atoms with Crippen LogP contribution in [0.4, 0.5) is 5.69 Å². The van der Waals surface area contributed by atoms with Crippen molar-refractivity contribution in [1.29, 1.82) is 0 Å². The molecule has 0 bridgehead atoms. The molecule has 0 aliphatic heterocycles. The second-order valence-corrected chi connectivity index (χ2v) is 7.17. The summed E-state index contributed by atoms with van der Waals surface area (Å²) >= 11 is 3.23. The monoisotopic (exact) mass is 374 g/mol. The first-order chi connectivity index (χ1) is 9.38. The van der Waals surface area contributed by atoms with Crippen LogP contribution in [-0.2, 0) is 9.05 Å². The van der Waals surface area contributed by atoms with Crippen LogP contribution in [-0.4, -0.2) is 19.3 Å². The Bertz CT molecular complexity index is 748. The molecule has 2 aromatic rings. The quantitative estimate of drug-likeness (QED) is 0.837. The summed E-state index contributed by atoms with van der Waals surface area (Å²) in [5, 5.41) is 2.61. The van der Waals surface area contributed by atoms with Crippen LogP contribution in [0.3, 0.4) is 0 Å². The maximum Gasteiger partial charge on any atom is 0.275 e. The van der Waals surface area contributed by atoms with E-state index in [1.165, 1.54) is 30.5 Å². The topological polar surface area (TPSA) is 76.1 Å². The third-order valence-corrected chi connectivity index (χ3v) is 4.38. The fraction of sp³-hybridized carbons (Fsp3) is 0. The number of nitrogens with one attached hydrogen (secondary N) is 1. The molecule has 1 N–H and O–H groups in total. The van der Waals surface area contributed by atoms with E-state index >= 15 is 0 Å². The van der Waals surface area contributed by atoms with Crippen LogP contribution in [0, 0.1) is 0 Å². The predicted molar refractivity (Wildman–Crippen MR) is 79.4 cm³/mol. The zero-order valence-electron chi connectivity index (χ0n) is 9.88. The van der Waals surface area contributed by atoms with E-state index in [2.05, 4.69) is 26.2 Å². The number of aromatic nitrogens is 1. The standard InChI is InChI=1S/C12H8BrClN2O3S/c13-10-2-1-7-15-11(10)12(17)16-8-3-5-9(6-4-8)20(14,18)19/h1-7H,(H,16,17). The average molecular weight is 376 g/mol. The summed E-state index contributed by atoms with van der Waals surface area (Å²) < 4.78 is 22.8. The van der Waals surface area contributed by atoms with Crippen LogP contribution < -0.4 is 5.32 Å². The van der Waals surface area contributed by atoms with E-state index in [-0.39, 0.29) is 10.6 Å². The third-order valence-electron chi connectivity index (χ3n) is 2.37. The number of pyridine rings is 1. The highest BCUT2D eigenvalue weighted by Gasteiger charge is 2.13. The fourth-order valence-corrected chi connectivity index (χ4v) is 2.65. The second kappa shape index (κ2) is 5.90. The van der Waals surface area contributed by atoms with E-state index in [1.807, 2.05) is 0 Å². The van der Waals surface area contributed by atoms with Gasteiger partial charge in [-0.25, -0.2) is 13.4 Å². The van der Waals surface area contributed by atoms with Crippen molar-refractivity contribution in [2.24, 2.45) is 0 Å². The van der Waals surface area contributed by atoms with Crippen LogP contribution in [0.2, 0.25) is 0 Å². The van der Waals surface area contributed by atoms with Gasteiger partial charge in [0.15, 0.2) is 0 Å². The molecule has 0 saturated carbocycles. The van der Waals surface area contributed by atoms with Crippen molar-refractivity contribution in [1.82, 2.24) is 4.98 Å². The van der Waals surface area contributed by atoms with E-state index in [0.29, 0.717) is 10.2 Å². The number of carbonyl (C=O) groups excluding carboxylic acids is 1. The van der Waals surface area contributed by atoms with Crippen molar-refractivity contribution >= 4 is 47.3 Å². The van der Waals surface area contributed by atoms with Crippen LogP contribution in [0.5, 0.6) is 0 Å². The Kier molecular flexibility index (Phi) is 4.42. The van der Waals surface area contributed by atoms with Gasteiger partial charge in [0.2, 0.25) is 0 Å². The Morgan fingerprint density at radius 3 is 2.40 bits per heavy atom. The first-order valence-corrected chi connectivity index (χ1v) is 8.45. The molecule has 1 aromatic carbocycles. The molecule has 0 radical (unpaired) electrons. The maximum atomic E-state index is 12.0. The lowest BCUT2D eigenvalue weighted by molar-refractivity contribution is 0.102. The summed E-state index contributed by atoms with van der Waals surface area (Å²) in [6, 6.07) is 8.91. The Hall–Kier alpha value is -1.44. The van der Waals surface area contributed by atoms with Gasteiger partial charge in [0.1, 0.15) is 5.69 Å². The van der Waals surface area contributed by atoms with Gasteiger partial charge in [-0.2, -0.15) is 0 Å². The number of anilines is 1. The first-order valence-electron chi connectivity index (χ1n) is 5.34. The molecule has 0 spiro atoms. The van der Waals surface area contributed by atoms with E-state index in [0.717, 1.165) is 0 Å². The van der Waals surface area contributed by atoms with Gasteiger partial charge >= 0.3 is 0 Å². The SMILES string of the molecule is O=C(Nc1ccc(S(=O)(=O)Cl)cc1)c1ncccc1Br. The van der Waals surface area contributed by atoms with Crippen molar-refractivity contribution in [3.63, 3.8) is 0 Å². The Balaban J connectivity index is 2.19. The normalized spacial score (nSPS) is 11.1. The highest BCUT2D eigenvalue weighted by molar-refractivity contribution is 9.10. The Morgan fingerprint density at radius 1 is 1.20 bits per heavy atom. The van der Waals surface area contributed by atoms with Gasteiger partial charge in [-0.15, -0.1) is 0 Å². The lowest BCUT2D eigenvalue weighted by Crippen LogP contribution is -2.14. The first kappa shape index (κ1) is 15.0. The summed E-state index contributed by atoms with van der Waals surface area (Å²) in [7, 11) is 1.43. The molecule has 0 atom stereocenters. The molecule has 0 saturated heterocycles. The minimum atomic E-state index is -3.77. The zero-order valence-corrected chi connectivity index (χ0v) is 13.0. The number of carbonyl (C=O) groups is 1. The number of amides is 1. The zero-order chi connectivity index (χ0) is 14.8. The molecule has 104 valence electrons. The highest BCUT2D eigenvalue weighted by atomic mass is 79.9. The molecular formula is C12H8BrClN2O3S. The molecule has 2 rings (SSSR count). The van der Waals surface area contributed by atoms with Gasteiger partial charge in [-0.05, 0) is 52.3 Å². The summed E-state index contributed by atoms with van der Waals surface area (Å²) in [5.41, 5.74) is 0.679. The lowest BCUT2D eigenvalue weighted by Gasteiger charge is -2.06. The molecule has 5 nitrogen and oxygen atoms in total.